The number of carbonyl (C=O) groups is 1. The number of benzene rings is 1. The van der Waals surface area contributed by atoms with Crippen LogP contribution in [-0.2, 0) is 18.9 Å². The lowest BCUT2D eigenvalue weighted by molar-refractivity contribution is -0.304. The molecule has 0 amide bonds. The quantitative estimate of drug-likeness (QED) is 0.457. The fraction of sp³-hybridized carbons (Fsp3) is 0.316. The number of carboxylic acid groups (broad SMARTS) is 1. The molecular formula is C19H19N4O4S-. The van der Waals surface area contributed by atoms with Crippen LogP contribution in [0.4, 0.5) is 0 Å². The second-order valence-corrected chi connectivity index (χ2v) is 7.65. The zero-order chi connectivity index (χ0) is 20.6. The molecule has 0 fully saturated rings. The summed E-state index contributed by atoms with van der Waals surface area (Å²) in [6.07, 6.45) is 0.296. The number of rotatable bonds is 5. The van der Waals surface area contributed by atoms with Gasteiger partial charge in [0.25, 0.3) is 5.56 Å². The van der Waals surface area contributed by atoms with E-state index in [9.17, 15) is 19.5 Å². The fourth-order valence-corrected chi connectivity index (χ4v) is 3.75. The smallest absolute Gasteiger partial charge is 0.332 e. The third-order valence-electron chi connectivity index (χ3n) is 4.46. The molecule has 0 saturated carbocycles. The topological polar surface area (TPSA) is 110 Å². The molecule has 1 aromatic carbocycles. The Hall–Kier alpha value is -2.94. The van der Waals surface area contributed by atoms with Crippen molar-refractivity contribution in [3.05, 3.63) is 50.7 Å². The summed E-state index contributed by atoms with van der Waals surface area (Å²) in [4.78, 5) is 45.4. The number of aliphatic carboxylic acids is 1. The summed E-state index contributed by atoms with van der Waals surface area (Å²) in [5, 5.41) is 10.9. The number of hydrogen-bond donors (Lipinski definition) is 0. The first-order valence-corrected chi connectivity index (χ1v) is 9.54. The summed E-state index contributed by atoms with van der Waals surface area (Å²) in [6, 6.07) is 7.46. The standard InChI is InChI=1S/C19H20N4O4S/c1-5-12(18(25)26)28-16-13-15(22(3)19(27)23(4)17(13)24)20-14(21-16)11-8-6-10(2)7-9-11/h6-9,12H,5H2,1-4H3,(H,25,26)/p-1/t12-/m1/s1. The predicted octanol–water partition coefficient (Wildman–Crippen LogP) is 0.623. The summed E-state index contributed by atoms with van der Waals surface area (Å²) in [7, 11) is 2.88. The van der Waals surface area contributed by atoms with Gasteiger partial charge in [0, 0.05) is 19.7 Å². The summed E-state index contributed by atoms with van der Waals surface area (Å²) in [5.41, 5.74) is 0.833. The number of aryl methyl sites for hydroxylation is 2. The number of carboxylic acids is 1. The maximum absolute atomic E-state index is 12.7. The Kier molecular flexibility index (Phi) is 5.37. The van der Waals surface area contributed by atoms with Gasteiger partial charge in [-0.1, -0.05) is 48.5 Å². The molecule has 0 saturated heterocycles. The van der Waals surface area contributed by atoms with Crippen molar-refractivity contribution in [2.24, 2.45) is 14.1 Å². The van der Waals surface area contributed by atoms with Crippen LogP contribution < -0.4 is 16.4 Å². The lowest BCUT2D eigenvalue weighted by Gasteiger charge is -2.17. The van der Waals surface area contributed by atoms with Crippen LogP contribution in [0, 0.1) is 6.92 Å². The Morgan fingerprint density at radius 3 is 2.36 bits per heavy atom. The molecule has 2 aromatic heterocycles. The highest BCUT2D eigenvalue weighted by Gasteiger charge is 2.21. The Bertz CT molecular complexity index is 1180. The molecule has 0 aliphatic rings. The Labute approximate surface area is 164 Å². The molecule has 28 heavy (non-hydrogen) atoms. The van der Waals surface area contributed by atoms with Crippen LogP contribution in [0.1, 0.15) is 18.9 Å². The number of hydrogen-bond acceptors (Lipinski definition) is 7. The molecule has 146 valence electrons. The summed E-state index contributed by atoms with van der Waals surface area (Å²) in [6.45, 7) is 3.66. The maximum Gasteiger partial charge on any atom is 0.332 e. The molecule has 3 aromatic rings. The van der Waals surface area contributed by atoms with Gasteiger partial charge >= 0.3 is 5.69 Å². The van der Waals surface area contributed by atoms with Crippen LogP contribution in [0.25, 0.3) is 22.4 Å². The molecule has 9 heteroatoms. The largest absolute Gasteiger partial charge is 0.549 e. The van der Waals surface area contributed by atoms with E-state index in [1.807, 2.05) is 31.2 Å². The number of fused-ring (bicyclic) bond motifs is 1. The van der Waals surface area contributed by atoms with E-state index in [-0.39, 0.29) is 16.1 Å². The van der Waals surface area contributed by atoms with Gasteiger partial charge < -0.3 is 9.90 Å². The number of nitrogens with zero attached hydrogens (tertiary/aromatic N) is 4. The van der Waals surface area contributed by atoms with Gasteiger partial charge in [-0.25, -0.2) is 14.8 Å². The third-order valence-corrected chi connectivity index (χ3v) is 5.79. The van der Waals surface area contributed by atoms with Crippen molar-refractivity contribution in [1.82, 2.24) is 19.1 Å². The highest BCUT2D eigenvalue weighted by Crippen LogP contribution is 2.30. The van der Waals surface area contributed by atoms with E-state index in [0.29, 0.717) is 17.8 Å². The molecule has 0 N–H and O–H groups in total. The SMILES string of the molecule is CC[C@@H](Sc1nc(-c2ccc(C)cc2)nc2c1c(=O)n(C)c(=O)n2C)C(=O)[O-]. The minimum Gasteiger partial charge on any atom is -0.549 e. The van der Waals surface area contributed by atoms with Crippen molar-refractivity contribution in [3.63, 3.8) is 0 Å². The van der Waals surface area contributed by atoms with Gasteiger partial charge in [0.05, 0.1) is 11.2 Å². The molecule has 0 unspecified atom stereocenters. The highest BCUT2D eigenvalue weighted by atomic mass is 32.2. The zero-order valence-electron chi connectivity index (χ0n) is 15.9. The van der Waals surface area contributed by atoms with E-state index in [1.165, 1.54) is 18.7 Å². The maximum atomic E-state index is 12.7. The normalized spacial score (nSPS) is 12.3. The second-order valence-electron chi connectivity index (χ2n) is 6.46. The monoisotopic (exact) mass is 399 g/mol. The van der Waals surface area contributed by atoms with Crippen molar-refractivity contribution in [1.29, 1.82) is 0 Å². The van der Waals surface area contributed by atoms with Crippen LogP contribution >= 0.6 is 11.8 Å². The van der Waals surface area contributed by atoms with Crippen molar-refractivity contribution in [2.75, 3.05) is 0 Å². The van der Waals surface area contributed by atoms with E-state index in [1.54, 1.807) is 6.92 Å². The van der Waals surface area contributed by atoms with E-state index >= 15 is 0 Å². The second kappa shape index (κ2) is 7.59. The minimum absolute atomic E-state index is 0.116. The lowest BCUT2D eigenvalue weighted by Crippen LogP contribution is -2.38. The summed E-state index contributed by atoms with van der Waals surface area (Å²) < 4.78 is 2.22. The molecule has 0 radical (unpaired) electrons. The Balaban J connectivity index is 2.37. The molecule has 0 aliphatic heterocycles. The van der Waals surface area contributed by atoms with Gasteiger partial charge in [0.2, 0.25) is 0 Å². The van der Waals surface area contributed by atoms with Crippen molar-refractivity contribution in [3.8, 4) is 11.4 Å². The average molecular weight is 399 g/mol. The molecule has 1 atom stereocenters. The van der Waals surface area contributed by atoms with E-state index in [4.69, 9.17) is 0 Å². The van der Waals surface area contributed by atoms with Gasteiger partial charge in [0.1, 0.15) is 10.4 Å². The Morgan fingerprint density at radius 2 is 1.79 bits per heavy atom. The molecule has 0 bridgehead atoms. The molecule has 2 heterocycles. The highest BCUT2D eigenvalue weighted by molar-refractivity contribution is 8.00. The molecule has 3 rings (SSSR count). The van der Waals surface area contributed by atoms with Gasteiger partial charge in [-0.15, -0.1) is 0 Å². The van der Waals surface area contributed by atoms with Gasteiger partial charge in [-0.3, -0.25) is 13.9 Å². The van der Waals surface area contributed by atoms with Gasteiger partial charge in [-0.05, 0) is 13.3 Å². The van der Waals surface area contributed by atoms with Gasteiger partial charge in [0.15, 0.2) is 11.5 Å². The first-order valence-electron chi connectivity index (χ1n) is 8.67. The van der Waals surface area contributed by atoms with Crippen LogP contribution in [0.3, 0.4) is 0 Å². The molecular weight excluding hydrogens is 380 g/mol. The molecule has 8 nitrogen and oxygen atoms in total. The van der Waals surface area contributed by atoms with Crippen LogP contribution in [0.5, 0.6) is 0 Å². The molecule has 0 spiro atoms. The average Bonchev–Trinajstić information content (AvgIpc) is 2.68. The Morgan fingerprint density at radius 1 is 1.14 bits per heavy atom. The van der Waals surface area contributed by atoms with Crippen molar-refractivity contribution >= 4 is 28.8 Å². The van der Waals surface area contributed by atoms with E-state index in [0.717, 1.165) is 21.9 Å². The first kappa shape index (κ1) is 19.8. The van der Waals surface area contributed by atoms with Crippen LogP contribution in [-0.4, -0.2) is 30.3 Å². The summed E-state index contributed by atoms with van der Waals surface area (Å²) >= 11 is 0.934. The first-order chi connectivity index (χ1) is 13.2. The zero-order valence-corrected chi connectivity index (χ0v) is 16.7. The predicted molar refractivity (Wildman–Crippen MR) is 105 cm³/mol. The van der Waals surface area contributed by atoms with Crippen molar-refractivity contribution < 1.29 is 9.90 Å². The molecule has 0 aliphatic carbocycles. The van der Waals surface area contributed by atoms with E-state index < -0.39 is 22.5 Å². The lowest BCUT2D eigenvalue weighted by atomic mass is 10.1. The van der Waals surface area contributed by atoms with Crippen LogP contribution in [0.15, 0.2) is 38.9 Å². The van der Waals surface area contributed by atoms with Crippen molar-refractivity contribution in [2.45, 2.75) is 30.5 Å². The fourth-order valence-electron chi connectivity index (χ4n) is 2.78. The summed E-state index contributed by atoms with van der Waals surface area (Å²) in [5.74, 6) is -0.927. The van der Waals surface area contributed by atoms with Gasteiger partial charge in [-0.2, -0.15) is 0 Å². The minimum atomic E-state index is -1.24. The number of carbonyl (C=O) groups excluding carboxylic acids is 1. The van der Waals surface area contributed by atoms with E-state index in [2.05, 4.69) is 9.97 Å². The number of aromatic nitrogens is 4. The third kappa shape index (κ3) is 3.45. The number of thioether (sulfide) groups is 1. The van der Waals surface area contributed by atoms with Crippen LogP contribution in [0.2, 0.25) is 0 Å².